The number of esters is 1. The number of carbonyl (C=O) groups is 1. The Labute approximate surface area is 205 Å². The lowest BCUT2D eigenvalue weighted by molar-refractivity contribution is -0.137. The first-order valence-electron chi connectivity index (χ1n) is 13.0. The third-order valence-electron chi connectivity index (χ3n) is 7.26. The Morgan fingerprint density at radius 2 is 1.97 bits per heavy atom. The van der Waals surface area contributed by atoms with E-state index in [9.17, 15) is 10.1 Å². The van der Waals surface area contributed by atoms with E-state index in [1.54, 1.807) is 0 Å². The second kappa shape index (κ2) is 13.1. The molecule has 3 rings (SSSR count). The van der Waals surface area contributed by atoms with E-state index in [-0.39, 0.29) is 11.4 Å². The number of benzene rings is 2. The van der Waals surface area contributed by atoms with Crippen LogP contribution in [0.5, 0.6) is 0 Å². The van der Waals surface area contributed by atoms with E-state index in [1.807, 2.05) is 0 Å². The summed E-state index contributed by atoms with van der Waals surface area (Å²) in [6, 6.07) is 20.7. The molecule has 180 valence electrons. The Morgan fingerprint density at radius 1 is 1.15 bits per heavy atom. The molecule has 0 spiro atoms. The molecule has 1 aliphatic carbocycles. The van der Waals surface area contributed by atoms with Crippen LogP contribution < -0.4 is 0 Å². The van der Waals surface area contributed by atoms with Crippen molar-refractivity contribution < 1.29 is 9.53 Å². The van der Waals surface area contributed by atoms with E-state index >= 15 is 0 Å². The summed E-state index contributed by atoms with van der Waals surface area (Å²) in [5, 5.41) is 10.1. The van der Waals surface area contributed by atoms with Crippen molar-refractivity contribution in [1.82, 2.24) is 0 Å². The van der Waals surface area contributed by atoms with Gasteiger partial charge in [0.1, 0.15) is 0 Å². The fraction of sp³-hybridized carbons (Fsp3) is 0.484. The molecule has 2 aromatic carbocycles. The maximum absolute atomic E-state index is 11.1. The van der Waals surface area contributed by atoms with Gasteiger partial charge in [-0.25, -0.2) is 4.79 Å². The standard InChI is InChI=1S/C31H39NO2/c1-3-5-11-25-15-17-26(18-16-25)27-12-9-13-28(22-27)29-14-10-20-31(23-29,24-32)19-7-6-8-21-34-30(33)4-2/h4,9,12-13,15-18,22,29H,2-3,5-8,10-11,14,19-21,23H2,1H3. The van der Waals surface area contributed by atoms with Crippen molar-refractivity contribution in [3.63, 3.8) is 0 Å². The molecule has 3 heteroatoms. The molecule has 0 bridgehead atoms. The summed E-state index contributed by atoms with van der Waals surface area (Å²) in [4.78, 5) is 11.1. The molecule has 1 aliphatic rings. The maximum Gasteiger partial charge on any atom is 0.330 e. The summed E-state index contributed by atoms with van der Waals surface area (Å²) in [6.45, 7) is 6.08. The highest BCUT2D eigenvalue weighted by Crippen LogP contribution is 2.47. The van der Waals surface area contributed by atoms with Crippen LogP contribution in [0.3, 0.4) is 0 Å². The van der Waals surface area contributed by atoms with Gasteiger partial charge in [0.2, 0.25) is 0 Å². The van der Waals surface area contributed by atoms with Crippen molar-refractivity contribution in [2.75, 3.05) is 6.61 Å². The van der Waals surface area contributed by atoms with Crippen LogP contribution in [0.15, 0.2) is 61.2 Å². The smallest absolute Gasteiger partial charge is 0.330 e. The first kappa shape index (κ1) is 25.8. The zero-order valence-corrected chi connectivity index (χ0v) is 20.7. The summed E-state index contributed by atoms with van der Waals surface area (Å²) in [6.07, 6.45) is 12.7. The molecule has 1 fully saturated rings. The number of aryl methyl sites for hydroxylation is 1. The van der Waals surface area contributed by atoms with Crippen molar-refractivity contribution in [2.24, 2.45) is 5.41 Å². The highest BCUT2D eigenvalue weighted by molar-refractivity contribution is 5.81. The zero-order valence-electron chi connectivity index (χ0n) is 20.7. The number of ether oxygens (including phenoxy) is 1. The molecular weight excluding hydrogens is 418 g/mol. The summed E-state index contributed by atoms with van der Waals surface area (Å²) in [5.41, 5.74) is 5.07. The average Bonchev–Trinajstić information content (AvgIpc) is 2.89. The predicted octanol–water partition coefficient (Wildman–Crippen LogP) is 8.15. The summed E-state index contributed by atoms with van der Waals surface area (Å²) in [5.74, 6) is 0.0732. The van der Waals surface area contributed by atoms with Gasteiger partial charge in [-0.1, -0.05) is 87.7 Å². The Kier molecular flexibility index (Phi) is 9.95. The Balaban J connectivity index is 1.59. The van der Waals surface area contributed by atoms with E-state index in [4.69, 9.17) is 4.74 Å². The largest absolute Gasteiger partial charge is 0.463 e. The topological polar surface area (TPSA) is 50.1 Å². The molecule has 0 heterocycles. The third-order valence-corrected chi connectivity index (χ3v) is 7.26. The molecule has 3 nitrogen and oxygen atoms in total. The Hall–Kier alpha value is -2.86. The van der Waals surface area contributed by atoms with Gasteiger partial charge in [-0.15, -0.1) is 0 Å². The monoisotopic (exact) mass is 457 g/mol. The lowest BCUT2D eigenvalue weighted by Crippen LogP contribution is -2.26. The van der Waals surface area contributed by atoms with Crippen molar-refractivity contribution >= 4 is 5.97 Å². The second-order valence-electron chi connectivity index (χ2n) is 9.79. The normalized spacial score (nSPS) is 19.8. The van der Waals surface area contributed by atoms with Crippen molar-refractivity contribution in [1.29, 1.82) is 5.26 Å². The Morgan fingerprint density at radius 3 is 2.71 bits per heavy atom. The van der Waals surface area contributed by atoms with Crippen LogP contribution in [0.1, 0.15) is 88.2 Å². The number of nitrogens with zero attached hydrogens (tertiary/aromatic N) is 1. The van der Waals surface area contributed by atoms with Gasteiger partial charge in [0.25, 0.3) is 0 Å². The third kappa shape index (κ3) is 7.32. The number of rotatable bonds is 12. The van der Waals surface area contributed by atoms with Crippen LogP contribution in [-0.4, -0.2) is 12.6 Å². The van der Waals surface area contributed by atoms with Crippen LogP contribution in [-0.2, 0) is 16.0 Å². The van der Waals surface area contributed by atoms with Crippen molar-refractivity contribution in [3.05, 3.63) is 72.3 Å². The molecular formula is C31H39NO2. The second-order valence-corrected chi connectivity index (χ2v) is 9.79. The minimum absolute atomic E-state index is 0.238. The lowest BCUT2D eigenvalue weighted by Gasteiger charge is -2.36. The quantitative estimate of drug-likeness (QED) is 0.183. The van der Waals surface area contributed by atoms with E-state index < -0.39 is 0 Å². The zero-order chi connectivity index (χ0) is 24.2. The van der Waals surface area contributed by atoms with Gasteiger partial charge in [-0.2, -0.15) is 5.26 Å². The molecule has 2 unspecified atom stereocenters. The molecule has 1 saturated carbocycles. The highest BCUT2D eigenvalue weighted by atomic mass is 16.5. The number of hydrogen-bond acceptors (Lipinski definition) is 3. The van der Waals surface area contributed by atoms with E-state index in [2.05, 4.69) is 68.1 Å². The summed E-state index contributed by atoms with van der Waals surface area (Å²) < 4.78 is 5.06. The minimum atomic E-state index is -0.363. The van der Waals surface area contributed by atoms with E-state index in [1.165, 1.54) is 41.2 Å². The number of carbonyl (C=O) groups excluding carboxylic acids is 1. The molecule has 0 N–H and O–H groups in total. The fourth-order valence-electron chi connectivity index (χ4n) is 5.22. The van der Waals surface area contributed by atoms with Crippen LogP contribution in [0.25, 0.3) is 11.1 Å². The molecule has 0 saturated heterocycles. The lowest BCUT2D eigenvalue weighted by atomic mass is 9.66. The number of unbranched alkanes of at least 4 members (excludes halogenated alkanes) is 3. The van der Waals surface area contributed by atoms with Gasteiger partial charge in [0.15, 0.2) is 0 Å². The van der Waals surface area contributed by atoms with Gasteiger partial charge < -0.3 is 4.74 Å². The SMILES string of the molecule is C=CC(=O)OCCCCCC1(C#N)CCCC(c2cccc(-c3ccc(CCCC)cc3)c2)C1. The maximum atomic E-state index is 11.1. The highest BCUT2D eigenvalue weighted by Gasteiger charge is 2.36. The van der Waals surface area contributed by atoms with E-state index in [0.29, 0.717) is 12.5 Å². The van der Waals surface area contributed by atoms with Gasteiger partial charge >= 0.3 is 5.97 Å². The van der Waals surface area contributed by atoms with Gasteiger partial charge in [0.05, 0.1) is 18.1 Å². The van der Waals surface area contributed by atoms with Gasteiger partial charge in [0, 0.05) is 6.08 Å². The average molecular weight is 458 g/mol. The number of nitriles is 1. The van der Waals surface area contributed by atoms with Crippen molar-refractivity contribution in [2.45, 2.75) is 83.5 Å². The first-order chi connectivity index (χ1) is 16.6. The molecule has 0 amide bonds. The van der Waals surface area contributed by atoms with Crippen LogP contribution >= 0.6 is 0 Å². The predicted molar refractivity (Wildman–Crippen MR) is 139 cm³/mol. The molecule has 34 heavy (non-hydrogen) atoms. The number of hydrogen-bond donors (Lipinski definition) is 0. The summed E-state index contributed by atoms with van der Waals surface area (Å²) >= 11 is 0. The minimum Gasteiger partial charge on any atom is -0.463 e. The van der Waals surface area contributed by atoms with Crippen molar-refractivity contribution in [3.8, 4) is 17.2 Å². The first-order valence-corrected chi connectivity index (χ1v) is 13.0. The van der Waals surface area contributed by atoms with Crippen LogP contribution in [0, 0.1) is 16.7 Å². The fourth-order valence-corrected chi connectivity index (χ4v) is 5.22. The van der Waals surface area contributed by atoms with Crippen LogP contribution in [0.2, 0.25) is 0 Å². The Bertz CT molecular complexity index is 972. The summed E-state index contributed by atoms with van der Waals surface area (Å²) in [7, 11) is 0. The van der Waals surface area contributed by atoms with E-state index in [0.717, 1.165) is 57.8 Å². The van der Waals surface area contributed by atoms with Gasteiger partial charge in [-0.05, 0) is 73.1 Å². The van der Waals surface area contributed by atoms with Crippen LogP contribution in [0.4, 0.5) is 0 Å². The van der Waals surface area contributed by atoms with Gasteiger partial charge in [-0.3, -0.25) is 0 Å². The molecule has 0 radical (unpaired) electrons. The molecule has 0 aliphatic heterocycles. The molecule has 2 aromatic rings. The molecule has 0 aromatic heterocycles. The molecule has 2 atom stereocenters.